The molecule has 0 atom stereocenters. The molecule has 2 aromatic heterocycles. The van der Waals surface area contributed by atoms with Crippen LogP contribution < -0.4 is 15.0 Å². The summed E-state index contributed by atoms with van der Waals surface area (Å²) in [5.41, 5.74) is 5.90. The van der Waals surface area contributed by atoms with Crippen LogP contribution in [0.1, 0.15) is 27.9 Å². The lowest BCUT2D eigenvalue weighted by molar-refractivity contribution is 0.379. The van der Waals surface area contributed by atoms with Crippen LogP contribution in [-0.2, 0) is 19.4 Å². The van der Waals surface area contributed by atoms with E-state index in [9.17, 15) is 5.26 Å². The number of aromatic nitrogens is 4. The predicted molar refractivity (Wildman–Crippen MR) is 113 cm³/mol. The summed E-state index contributed by atoms with van der Waals surface area (Å²) < 4.78 is 5.00. The highest BCUT2D eigenvalue weighted by atomic mass is 16.5. The number of hydrogen-bond donors (Lipinski definition) is 1. The summed E-state index contributed by atoms with van der Waals surface area (Å²) in [5, 5.41) is 13.0. The first-order chi connectivity index (χ1) is 14.7. The van der Waals surface area contributed by atoms with Crippen molar-refractivity contribution < 1.29 is 4.74 Å². The number of methoxy groups -OCH3 is 1. The molecule has 8 nitrogen and oxygen atoms in total. The predicted octanol–water partition coefficient (Wildman–Crippen LogP) is 2.67. The second-order valence-corrected chi connectivity index (χ2v) is 7.21. The minimum absolute atomic E-state index is 0.365. The first-order valence-corrected chi connectivity index (χ1v) is 9.85. The quantitative estimate of drug-likeness (QED) is 0.673. The number of nitriles is 1. The van der Waals surface area contributed by atoms with Gasteiger partial charge in [0.05, 0.1) is 24.1 Å². The Kier molecular flexibility index (Phi) is 5.70. The van der Waals surface area contributed by atoms with E-state index in [1.165, 1.54) is 0 Å². The maximum atomic E-state index is 9.55. The molecule has 0 radical (unpaired) electrons. The lowest BCUT2D eigenvalue weighted by Gasteiger charge is -2.31. The zero-order valence-electron chi connectivity index (χ0n) is 17.1. The van der Waals surface area contributed by atoms with E-state index in [2.05, 4.69) is 36.2 Å². The zero-order valence-corrected chi connectivity index (χ0v) is 17.1. The number of nitrogens with zero attached hydrogens (tertiary/aromatic N) is 6. The molecule has 1 aliphatic heterocycles. The van der Waals surface area contributed by atoms with E-state index in [1.54, 1.807) is 25.8 Å². The molecule has 8 heteroatoms. The van der Waals surface area contributed by atoms with E-state index < -0.39 is 0 Å². The molecule has 152 valence electrons. The maximum absolute atomic E-state index is 9.55. The molecular formula is C22H23N7O. The van der Waals surface area contributed by atoms with Crippen LogP contribution in [0.5, 0.6) is 6.01 Å². The molecule has 0 aliphatic carbocycles. The van der Waals surface area contributed by atoms with Crippen LogP contribution >= 0.6 is 0 Å². The van der Waals surface area contributed by atoms with Gasteiger partial charge in [-0.3, -0.25) is 0 Å². The molecule has 1 N–H and O–H groups in total. The maximum Gasteiger partial charge on any atom is 0.316 e. The Hall–Kier alpha value is -3.73. The molecule has 1 aromatic carbocycles. The second-order valence-electron chi connectivity index (χ2n) is 7.21. The largest absolute Gasteiger partial charge is 0.467 e. The highest BCUT2D eigenvalue weighted by molar-refractivity contribution is 5.62. The molecule has 1 aliphatic rings. The molecule has 0 bridgehead atoms. The highest BCUT2D eigenvalue weighted by Gasteiger charge is 2.23. The number of nitrogens with one attached hydrogen (secondary N) is 1. The normalized spacial score (nSPS) is 12.8. The van der Waals surface area contributed by atoms with Crippen LogP contribution in [0.25, 0.3) is 0 Å². The average Bonchev–Trinajstić information content (AvgIpc) is 2.79. The summed E-state index contributed by atoms with van der Waals surface area (Å²) in [5.74, 6) is 0.838. The highest BCUT2D eigenvalue weighted by Crippen LogP contribution is 2.29. The number of benzene rings is 1. The standard InChI is InChI=1S/C22H23N7O/c1-15-3-4-20(17(9-15)10-23)29-8-6-19-18(13-29)21(28-14-27-19)24-7-5-16-11-25-22(30-2)26-12-16/h3-4,9,11-12,14H,5-8,13H2,1-2H3,(H,24,27,28). The molecule has 0 saturated heterocycles. The van der Waals surface area contributed by atoms with Crippen molar-refractivity contribution >= 4 is 11.5 Å². The summed E-state index contributed by atoms with van der Waals surface area (Å²) >= 11 is 0. The fourth-order valence-corrected chi connectivity index (χ4v) is 3.62. The Labute approximate surface area is 175 Å². The van der Waals surface area contributed by atoms with Crippen molar-refractivity contribution in [1.29, 1.82) is 5.26 Å². The fourth-order valence-electron chi connectivity index (χ4n) is 3.62. The molecule has 3 heterocycles. The Bertz CT molecular complexity index is 1080. The van der Waals surface area contributed by atoms with E-state index in [0.717, 1.165) is 53.3 Å². The van der Waals surface area contributed by atoms with E-state index in [1.807, 2.05) is 25.1 Å². The third-order valence-electron chi connectivity index (χ3n) is 5.19. The van der Waals surface area contributed by atoms with Gasteiger partial charge in [0.2, 0.25) is 0 Å². The van der Waals surface area contributed by atoms with Gasteiger partial charge in [0.1, 0.15) is 18.2 Å². The van der Waals surface area contributed by atoms with Crippen LogP contribution in [0.2, 0.25) is 0 Å². The first kappa shape index (κ1) is 19.6. The molecule has 0 amide bonds. The van der Waals surface area contributed by atoms with Gasteiger partial charge in [-0.05, 0) is 36.6 Å². The molecule has 0 fully saturated rings. The van der Waals surface area contributed by atoms with E-state index in [4.69, 9.17) is 4.74 Å². The smallest absolute Gasteiger partial charge is 0.316 e. The number of anilines is 2. The zero-order chi connectivity index (χ0) is 20.9. The Morgan fingerprint density at radius 3 is 2.80 bits per heavy atom. The molecule has 30 heavy (non-hydrogen) atoms. The lowest BCUT2D eigenvalue weighted by atomic mass is 10.0. The van der Waals surface area contributed by atoms with Gasteiger partial charge >= 0.3 is 6.01 Å². The lowest BCUT2D eigenvalue weighted by Crippen LogP contribution is -2.32. The van der Waals surface area contributed by atoms with Crippen molar-refractivity contribution in [1.82, 2.24) is 19.9 Å². The van der Waals surface area contributed by atoms with Gasteiger partial charge in [0, 0.05) is 44.0 Å². The first-order valence-electron chi connectivity index (χ1n) is 9.85. The van der Waals surface area contributed by atoms with Crippen molar-refractivity contribution in [2.45, 2.75) is 26.3 Å². The van der Waals surface area contributed by atoms with Crippen molar-refractivity contribution in [3.05, 3.63) is 64.9 Å². The minimum atomic E-state index is 0.365. The summed E-state index contributed by atoms with van der Waals surface area (Å²) in [6.45, 7) is 4.19. The van der Waals surface area contributed by atoms with Crippen LogP contribution in [0.3, 0.4) is 0 Å². The van der Waals surface area contributed by atoms with Gasteiger partial charge in [-0.1, -0.05) is 6.07 Å². The summed E-state index contributed by atoms with van der Waals surface area (Å²) in [4.78, 5) is 19.5. The van der Waals surface area contributed by atoms with Crippen molar-refractivity contribution in [3.8, 4) is 12.1 Å². The minimum Gasteiger partial charge on any atom is -0.467 e. The van der Waals surface area contributed by atoms with Crippen LogP contribution in [0, 0.1) is 18.3 Å². The topological polar surface area (TPSA) is 99.9 Å². The summed E-state index contributed by atoms with van der Waals surface area (Å²) in [6, 6.07) is 8.69. The van der Waals surface area contributed by atoms with Crippen molar-refractivity contribution in [3.63, 3.8) is 0 Å². The van der Waals surface area contributed by atoms with Crippen LogP contribution in [0.4, 0.5) is 11.5 Å². The summed E-state index contributed by atoms with van der Waals surface area (Å²) in [6.07, 6.45) is 6.73. The van der Waals surface area contributed by atoms with Crippen molar-refractivity contribution in [2.75, 3.05) is 30.4 Å². The molecule has 0 unspecified atom stereocenters. The number of ether oxygens (including phenoxy) is 1. The Morgan fingerprint density at radius 1 is 1.20 bits per heavy atom. The molecule has 0 spiro atoms. The van der Waals surface area contributed by atoms with Gasteiger partial charge in [-0.25, -0.2) is 19.9 Å². The molecule has 3 aromatic rings. The number of hydrogen-bond acceptors (Lipinski definition) is 8. The molecular weight excluding hydrogens is 378 g/mol. The number of fused-ring (bicyclic) bond motifs is 1. The SMILES string of the molecule is COc1ncc(CCNc2ncnc3c2CN(c2ccc(C)cc2C#N)CC3)cn1. The van der Waals surface area contributed by atoms with Crippen LogP contribution in [0.15, 0.2) is 36.9 Å². The van der Waals surface area contributed by atoms with Gasteiger partial charge in [-0.15, -0.1) is 0 Å². The fraction of sp³-hybridized carbons (Fsp3) is 0.318. The van der Waals surface area contributed by atoms with Gasteiger partial charge < -0.3 is 15.0 Å². The van der Waals surface area contributed by atoms with Crippen LogP contribution in [-0.4, -0.2) is 40.1 Å². The van der Waals surface area contributed by atoms with E-state index in [-0.39, 0.29) is 0 Å². The second kappa shape index (κ2) is 8.74. The third kappa shape index (κ3) is 4.15. The number of aryl methyl sites for hydroxylation is 1. The van der Waals surface area contributed by atoms with E-state index >= 15 is 0 Å². The van der Waals surface area contributed by atoms with Gasteiger partial charge in [0.25, 0.3) is 0 Å². The van der Waals surface area contributed by atoms with E-state index in [0.29, 0.717) is 24.7 Å². The average molecular weight is 401 g/mol. The Balaban J connectivity index is 1.48. The van der Waals surface area contributed by atoms with Crippen molar-refractivity contribution in [2.24, 2.45) is 0 Å². The molecule has 0 saturated carbocycles. The monoisotopic (exact) mass is 401 g/mol. The third-order valence-corrected chi connectivity index (χ3v) is 5.19. The van der Waals surface area contributed by atoms with Gasteiger partial charge in [-0.2, -0.15) is 5.26 Å². The van der Waals surface area contributed by atoms with Gasteiger partial charge in [0.15, 0.2) is 0 Å². The number of rotatable bonds is 6. The molecule has 4 rings (SSSR count). The summed E-state index contributed by atoms with van der Waals surface area (Å²) in [7, 11) is 1.55. The Morgan fingerprint density at radius 2 is 2.03 bits per heavy atom.